The minimum Gasteiger partial charge on any atom is -0.313 e. The molecule has 16 heavy (non-hydrogen) atoms. The second kappa shape index (κ2) is 8.81. The molecule has 0 aliphatic heterocycles. The second-order valence-electron chi connectivity index (χ2n) is 5.07. The van der Waals surface area contributed by atoms with Crippen LogP contribution in [0.4, 0.5) is 0 Å². The third-order valence-electron chi connectivity index (χ3n) is 3.72. The van der Waals surface area contributed by atoms with E-state index in [0.29, 0.717) is 6.04 Å². The smallest absolute Gasteiger partial charge is 0.0276 e. The largest absolute Gasteiger partial charge is 0.313 e. The molecular formula is C15H29N. The van der Waals surface area contributed by atoms with E-state index < -0.39 is 0 Å². The molecule has 0 bridgehead atoms. The fraction of sp³-hybridized carbons (Fsp3) is 0.867. The summed E-state index contributed by atoms with van der Waals surface area (Å²) in [5.41, 5.74) is 1.68. The summed E-state index contributed by atoms with van der Waals surface area (Å²) in [6, 6.07) is 0.675. The third-order valence-corrected chi connectivity index (χ3v) is 3.72. The summed E-state index contributed by atoms with van der Waals surface area (Å²) >= 11 is 0. The van der Waals surface area contributed by atoms with Gasteiger partial charge in [-0.2, -0.15) is 0 Å². The molecule has 0 saturated heterocycles. The van der Waals surface area contributed by atoms with Crippen molar-refractivity contribution in [1.29, 1.82) is 0 Å². The molecule has 1 aliphatic carbocycles. The van der Waals surface area contributed by atoms with E-state index in [1.54, 1.807) is 5.57 Å². The lowest BCUT2D eigenvalue weighted by molar-refractivity contribution is 0.517. The van der Waals surface area contributed by atoms with Gasteiger partial charge in [0, 0.05) is 6.04 Å². The summed E-state index contributed by atoms with van der Waals surface area (Å²) in [4.78, 5) is 0. The fourth-order valence-electron chi connectivity index (χ4n) is 2.66. The average molecular weight is 223 g/mol. The zero-order valence-electron chi connectivity index (χ0n) is 11.2. The van der Waals surface area contributed by atoms with Gasteiger partial charge >= 0.3 is 0 Å². The Hall–Kier alpha value is -0.300. The predicted molar refractivity (Wildman–Crippen MR) is 72.8 cm³/mol. The molecule has 0 aromatic carbocycles. The number of allylic oxidation sites excluding steroid dienone is 1. The Balaban J connectivity index is 2.05. The van der Waals surface area contributed by atoms with Gasteiger partial charge in [0.2, 0.25) is 0 Å². The number of hydrogen-bond donors (Lipinski definition) is 1. The number of likely N-dealkylation sites (N-methyl/N-ethyl adjacent to an activating group) is 1. The van der Waals surface area contributed by atoms with Gasteiger partial charge in [0.25, 0.3) is 0 Å². The van der Waals surface area contributed by atoms with Crippen molar-refractivity contribution in [3.63, 3.8) is 0 Å². The highest BCUT2D eigenvalue weighted by molar-refractivity contribution is 5.14. The first-order valence-corrected chi connectivity index (χ1v) is 7.24. The van der Waals surface area contributed by atoms with E-state index in [-0.39, 0.29) is 0 Å². The maximum absolute atomic E-state index is 3.48. The number of unbranched alkanes of at least 4 members (excludes halogenated alkanes) is 5. The quantitative estimate of drug-likeness (QED) is 0.450. The van der Waals surface area contributed by atoms with Gasteiger partial charge in [0.1, 0.15) is 0 Å². The number of rotatable bonds is 9. The maximum Gasteiger partial charge on any atom is 0.0276 e. The van der Waals surface area contributed by atoms with Gasteiger partial charge in [-0.1, -0.05) is 57.1 Å². The van der Waals surface area contributed by atoms with Gasteiger partial charge < -0.3 is 5.32 Å². The van der Waals surface area contributed by atoms with Gasteiger partial charge in [0.05, 0.1) is 0 Å². The van der Waals surface area contributed by atoms with E-state index in [1.165, 1.54) is 64.2 Å². The van der Waals surface area contributed by atoms with Crippen LogP contribution in [0, 0.1) is 0 Å². The van der Waals surface area contributed by atoms with Crippen LogP contribution in [0.1, 0.15) is 71.1 Å². The number of hydrogen-bond acceptors (Lipinski definition) is 1. The maximum atomic E-state index is 3.48. The highest BCUT2D eigenvalue weighted by atomic mass is 14.9. The molecule has 1 heteroatoms. The molecule has 0 radical (unpaired) electrons. The van der Waals surface area contributed by atoms with E-state index >= 15 is 0 Å². The molecule has 0 heterocycles. The van der Waals surface area contributed by atoms with Crippen molar-refractivity contribution in [2.75, 3.05) is 7.05 Å². The summed E-state index contributed by atoms with van der Waals surface area (Å²) in [7, 11) is 2.11. The monoisotopic (exact) mass is 223 g/mol. The Morgan fingerprint density at radius 2 is 1.94 bits per heavy atom. The van der Waals surface area contributed by atoms with Crippen LogP contribution >= 0.6 is 0 Å². The van der Waals surface area contributed by atoms with Crippen LogP contribution in [-0.4, -0.2) is 13.1 Å². The van der Waals surface area contributed by atoms with Crippen LogP contribution < -0.4 is 5.32 Å². The lowest BCUT2D eigenvalue weighted by Crippen LogP contribution is -2.26. The lowest BCUT2D eigenvalue weighted by Gasteiger charge is -2.17. The van der Waals surface area contributed by atoms with Crippen LogP contribution in [0.5, 0.6) is 0 Å². The van der Waals surface area contributed by atoms with E-state index in [2.05, 4.69) is 25.4 Å². The average Bonchev–Trinajstić information content (AvgIpc) is 2.82. The molecule has 0 spiro atoms. The summed E-state index contributed by atoms with van der Waals surface area (Å²) in [6.45, 7) is 2.28. The molecule has 1 atom stereocenters. The summed E-state index contributed by atoms with van der Waals surface area (Å²) in [5.74, 6) is 0. The normalized spacial score (nSPS) is 17.5. The van der Waals surface area contributed by atoms with Gasteiger partial charge in [-0.05, 0) is 32.7 Å². The molecule has 1 rings (SSSR count). The van der Waals surface area contributed by atoms with Crippen LogP contribution in [0.15, 0.2) is 11.6 Å². The van der Waals surface area contributed by atoms with Crippen molar-refractivity contribution in [3.05, 3.63) is 11.6 Å². The molecule has 0 saturated carbocycles. The van der Waals surface area contributed by atoms with Crippen molar-refractivity contribution >= 4 is 0 Å². The Labute approximate surface area is 102 Å². The Bertz CT molecular complexity index is 196. The Morgan fingerprint density at radius 3 is 2.56 bits per heavy atom. The molecule has 1 N–H and O–H groups in total. The first-order valence-electron chi connectivity index (χ1n) is 7.24. The molecule has 1 nitrogen and oxygen atoms in total. The summed E-state index contributed by atoms with van der Waals surface area (Å²) in [5, 5.41) is 3.48. The second-order valence-corrected chi connectivity index (χ2v) is 5.07. The van der Waals surface area contributed by atoms with Crippen LogP contribution in [0.25, 0.3) is 0 Å². The molecule has 94 valence electrons. The predicted octanol–water partition coefficient (Wildman–Crippen LogP) is 4.44. The van der Waals surface area contributed by atoms with E-state index in [4.69, 9.17) is 0 Å². The molecule has 1 unspecified atom stereocenters. The Morgan fingerprint density at radius 1 is 1.19 bits per heavy atom. The van der Waals surface area contributed by atoms with Crippen molar-refractivity contribution in [2.24, 2.45) is 0 Å². The van der Waals surface area contributed by atoms with Crippen LogP contribution in [0.3, 0.4) is 0 Å². The highest BCUT2D eigenvalue weighted by Crippen LogP contribution is 2.23. The van der Waals surface area contributed by atoms with Crippen molar-refractivity contribution < 1.29 is 0 Å². The first-order chi connectivity index (χ1) is 7.88. The van der Waals surface area contributed by atoms with Crippen LogP contribution in [0.2, 0.25) is 0 Å². The first kappa shape index (κ1) is 13.8. The summed E-state index contributed by atoms with van der Waals surface area (Å²) < 4.78 is 0. The SMILES string of the molecule is CCCCCCCCC(NC)C1=CCCC1. The zero-order chi connectivity index (χ0) is 11.6. The fourth-order valence-corrected chi connectivity index (χ4v) is 2.66. The molecule has 0 aromatic heterocycles. The van der Waals surface area contributed by atoms with Crippen molar-refractivity contribution in [3.8, 4) is 0 Å². The van der Waals surface area contributed by atoms with Gasteiger partial charge in [0.15, 0.2) is 0 Å². The molecule has 0 amide bonds. The zero-order valence-corrected chi connectivity index (χ0v) is 11.2. The topological polar surface area (TPSA) is 12.0 Å². The molecular weight excluding hydrogens is 194 g/mol. The molecule has 0 fully saturated rings. The highest BCUT2D eigenvalue weighted by Gasteiger charge is 2.14. The van der Waals surface area contributed by atoms with Crippen molar-refractivity contribution in [2.45, 2.75) is 77.2 Å². The standard InChI is InChI=1S/C15H29N/c1-3-4-5-6-7-8-13-15(16-2)14-11-9-10-12-14/h11,15-16H,3-10,12-13H2,1-2H3. The lowest BCUT2D eigenvalue weighted by atomic mass is 9.99. The minimum absolute atomic E-state index is 0.675. The van der Waals surface area contributed by atoms with Gasteiger partial charge in [-0.15, -0.1) is 0 Å². The van der Waals surface area contributed by atoms with E-state index in [9.17, 15) is 0 Å². The van der Waals surface area contributed by atoms with E-state index in [0.717, 1.165) is 0 Å². The van der Waals surface area contributed by atoms with Gasteiger partial charge in [-0.3, -0.25) is 0 Å². The number of nitrogens with one attached hydrogen (secondary N) is 1. The third kappa shape index (κ3) is 5.16. The molecule has 1 aliphatic rings. The van der Waals surface area contributed by atoms with Gasteiger partial charge in [-0.25, -0.2) is 0 Å². The summed E-state index contributed by atoms with van der Waals surface area (Å²) in [6.07, 6.45) is 16.3. The molecule has 0 aromatic rings. The minimum atomic E-state index is 0.675. The van der Waals surface area contributed by atoms with Crippen LogP contribution in [-0.2, 0) is 0 Å². The van der Waals surface area contributed by atoms with E-state index in [1.807, 2.05) is 0 Å². The van der Waals surface area contributed by atoms with Crippen molar-refractivity contribution in [1.82, 2.24) is 5.32 Å². The Kier molecular flexibility index (Phi) is 7.58.